The Bertz CT molecular complexity index is 1030. The number of anilines is 1. The highest BCUT2D eigenvalue weighted by molar-refractivity contribution is 7.99. The lowest BCUT2D eigenvalue weighted by Gasteiger charge is -2.36. The molecule has 1 aromatic heterocycles. The van der Waals surface area contributed by atoms with Gasteiger partial charge in [-0.25, -0.2) is 4.98 Å². The lowest BCUT2D eigenvalue weighted by atomic mass is 10.2. The maximum Gasteiger partial charge on any atom is 0.269 e. The number of benzene rings is 2. The van der Waals surface area contributed by atoms with Crippen molar-refractivity contribution in [3.8, 4) is 0 Å². The molecule has 1 fully saturated rings. The number of rotatable bonds is 5. The summed E-state index contributed by atoms with van der Waals surface area (Å²) in [5.74, 6) is 0.469. The van der Waals surface area contributed by atoms with Gasteiger partial charge in [0.2, 0.25) is 5.91 Å². The first-order chi connectivity index (χ1) is 14.1. The summed E-state index contributed by atoms with van der Waals surface area (Å²) in [6.07, 6.45) is 0. The number of thioether (sulfide) groups is 1. The average molecular weight is 408 g/mol. The van der Waals surface area contributed by atoms with Gasteiger partial charge < -0.3 is 9.80 Å². The van der Waals surface area contributed by atoms with Crippen LogP contribution in [0.4, 0.5) is 11.4 Å². The number of hydrogen-bond acceptors (Lipinski definition) is 6. The summed E-state index contributed by atoms with van der Waals surface area (Å²) in [6, 6.07) is 18.5. The molecule has 0 atom stereocenters. The van der Waals surface area contributed by atoms with Crippen molar-refractivity contribution in [2.45, 2.75) is 5.03 Å². The molecule has 0 saturated carbocycles. The van der Waals surface area contributed by atoms with Crippen LogP contribution in [-0.4, -0.2) is 52.6 Å². The maximum absolute atomic E-state index is 12.6. The summed E-state index contributed by atoms with van der Waals surface area (Å²) in [5.41, 5.74) is 1.96. The molecular weight excluding hydrogens is 388 g/mol. The molecule has 0 spiro atoms. The van der Waals surface area contributed by atoms with Crippen molar-refractivity contribution in [2.24, 2.45) is 0 Å². The van der Waals surface area contributed by atoms with E-state index in [1.54, 1.807) is 12.1 Å². The van der Waals surface area contributed by atoms with Gasteiger partial charge in [0.15, 0.2) is 0 Å². The van der Waals surface area contributed by atoms with Gasteiger partial charge in [0.25, 0.3) is 5.69 Å². The number of para-hydroxylation sites is 1. The molecule has 1 aliphatic heterocycles. The highest BCUT2D eigenvalue weighted by atomic mass is 32.2. The van der Waals surface area contributed by atoms with Crippen molar-refractivity contribution in [2.75, 3.05) is 36.8 Å². The summed E-state index contributed by atoms with van der Waals surface area (Å²) in [5, 5.41) is 12.7. The maximum atomic E-state index is 12.6. The van der Waals surface area contributed by atoms with E-state index in [0.29, 0.717) is 31.9 Å². The average Bonchev–Trinajstić information content (AvgIpc) is 2.77. The third-order valence-electron chi connectivity index (χ3n) is 4.97. The van der Waals surface area contributed by atoms with E-state index in [0.717, 1.165) is 21.6 Å². The summed E-state index contributed by atoms with van der Waals surface area (Å²) in [7, 11) is 0. The molecule has 1 aliphatic rings. The number of carbonyl (C=O) groups excluding carboxylic acids is 1. The predicted octanol–water partition coefficient (Wildman–Crippen LogP) is 3.58. The fourth-order valence-electron chi connectivity index (χ4n) is 3.35. The molecule has 2 heterocycles. The molecule has 1 saturated heterocycles. The number of pyridine rings is 1. The minimum atomic E-state index is -0.400. The minimum absolute atomic E-state index is 0.0851. The van der Waals surface area contributed by atoms with E-state index in [2.05, 4.69) is 9.88 Å². The number of hydrogen-bond donors (Lipinski definition) is 0. The fourth-order valence-corrected chi connectivity index (χ4v) is 4.14. The van der Waals surface area contributed by atoms with E-state index in [-0.39, 0.29) is 11.6 Å². The number of fused-ring (bicyclic) bond motifs is 1. The first-order valence-corrected chi connectivity index (χ1v) is 10.3. The number of nitro benzene ring substituents is 1. The Morgan fingerprint density at radius 2 is 1.72 bits per heavy atom. The van der Waals surface area contributed by atoms with Crippen LogP contribution in [0.15, 0.2) is 65.7 Å². The Kier molecular flexibility index (Phi) is 5.62. The number of aromatic nitrogens is 1. The SMILES string of the molecule is O=C(CSc1ccc2ccccc2n1)N1CCN(c2ccc([N+](=O)[O-])cc2)CC1. The van der Waals surface area contributed by atoms with Crippen LogP contribution in [0, 0.1) is 10.1 Å². The van der Waals surface area contributed by atoms with E-state index in [9.17, 15) is 14.9 Å². The van der Waals surface area contributed by atoms with Gasteiger partial charge in [0.1, 0.15) is 0 Å². The Morgan fingerprint density at radius 3 is 2.45 bits per heavy atom. The topological polar surface area (TPSA) is 79.6 Å². The minimum Gasteiger partial charge on any atom is -0.368 e. The van der Waals surface area contributed by atoms with E-state index in [1.807, 2.05) is 41.3 Å². The highest BCUT2D eigenvalue weighted by Crippen LogP contribution is 2.22. The van der Waals surface area contributed by atoms with E-state index in [4.69, 9.17) is 0 Å². The third-order valence-corrected chi connectivity index (χ3v) is 5.89. The summed E-state index contributed by atoms with van der Waals surface area (Å²) in [4.78, 5) is 31.6. The molecule has 3 aromatic rings. The van der Waals surface area contributed by atoms with E-state index >= 15 is 0 Å². The van der Waals surface area contributed by atoms with Gasteiger partial charge in [-0.15, -0.1) is 0 Å². The lowest BCUT2D eigenvalue weighted by molar-refractivity contribution is -0.384. The molecule has 2 aromatic carbocycles. The van der Waals surface area contributed by atoms with Gasteiger partial charge in [0, 0.05) is 49.4 Å². The van der Waals surface area contributed by atoms with Crippen LogP contribution in [0.25, 0.3) is 10.9 Å². The van der Waals surface area contributed by atoms with Crippen molar-refractivity contribution < 1.29 is 9.72 Å². The predicted molar refractivity (Wildman–Crippen MR) is 114 cm³/mol. The molecule has 1 amide bonds. The van der Waals surface area contributed by atoms with Crippen LogP contribution in [0.5, 0.6) is 0 Å². The molecule has 0 bridgehead atoms. The quantitative estimate of drug-likeness (QED) is 0.365. The van der Waals surface area contributed by atoms with Crippen LogP contribution in [0.2, 0.25) is 0 Å². The van der Waals surface area contributed by atoms with Crippen LogP contribution in [-0.2, 0) is 4.79 Å². The summed E-state index contributed by atoms with van der Waals surface area (Å²) in [6.45, 7) is 2.70. The number of amides is 1. The standard InChI is InChI=1S/C21H20N4O3S/c26-21(15-29-20-10-5-16-3-1-2-4-19(16)22-20)24-13-11-23(12-14-24)17-6-8-18(9-7-17)25(27)28/h1-10H,11-15H2. The van der Waals surface area contributed by atoms with Crippen molar-refractivity contribution in [1.82, 2.24) is 9.88 Å². The smallest absolute Gasteiger partial charge is 0.269 e. The van der Waals surface area contributed by atoms with Gasteiger partial charge in [-0.2, -0.15) is 0 Å². The van der Waals surface area contributed by atoms with Crippen LogP contribution >= 0.6 is 11.8 Å². The number of nitrogens with zero attached hydrogens (tertiary/aromatic N) is 4. The Labute approximate surface area is 172 Å². The molecule has 4 rings (SSSR count). The van der Waals surface area contributed by atoms with Crippen LogP contribution in [0.1, 0.15) is 0 Å². The zero-order valence-electron chi connectivity index (χ0n) is 15.7. The molecule has 29 heavy (non-hydrogen) atoms. The fraction of sp³-hybridized carbons (Fsp3) is 0.238. The zero-order valence-corrected chi connectivity index (χ0v) is 16.5. The number of non-ortho nitro benzene ring substituents is 1. The van der Waals surface area contributed by atoms with Crippen molar-refractivity contribution in [1.29, 1.82) is 0 Å². The molecule has 148 valence electrons. The second-order valence-corrected chi connectivity index (χ2v) is 7.77. The van der Waals surface area contributed by atoms with Gasteiger partial charge in [-0.05, 0) is 24.3 Å². The normalized spacial score (nSPS) is 14.2. The molecule has 0 N–H and O–H groups in total. The Hall–Kier alpha value is -3.13. The highest BCUT2D eigenvalue weighted by Gasteiger charge is 2.21. The monoisotopic (exact) mass is 408 g/mol. The summed E-state index contributed by atoms with van der Waals surface area (Å²) < 4.78 is 0. The molecule has 7 nitrogen and oxygen atoms in total. The zero-order chi connectivity index (χ0) is 20.2. The largest absolute Gasteiger partial charge is 0.368 e. The first-order valence-electron chi connectivity index (χ1n) is 9.36. The van der Waals surface area contributed by atoms with Gasteiger partial charge in [0.05, 0.1) is 21.2 Å². The Balaban J connectivity index is 1.29. The number of carbonyl (C=O) groups is 1. The Morgan fingerprint density at radius 1 is 1.00 bits per heavy atom. The molecule has 0 unspecified atom stereocenters. The van der Waals surface area contributed by atoms with Crippen molar-refractivity contribution in [3.63, 3.8) is 0 Å². The van der Waals surface area contributed by atoms with Crippen molar-refractivity contribution >= 4 is 39.9 Å². The van der Waals surface area contributed by atoms with Crippen LogP contribution in [0.3, 0.4) is 0 Å². The molecule has 0 radical (unpaired) electrons. The first kappa shape index (κ1) is 19.2. The van der Waals surface area contributed by atoms with E-state index < -0.39 is 4.92 Å². The lowest BCUT2D eigenvalue weighted by Crippen LogP contribution is -2.49. The van der Waals surface area contributed by atoms with Crippen LogP contribution < -0.4 is 4.90 Å². The molecule has 8 heteroatoms. The molecule has 0 aliphatic carbocycles. The second-order valence-electron chi connectivity index (χ2n) is 6.77. The van der Waals surface area contributed by atoms with E-state index in [1.165, 1.54) is 23.9 Å². The van der Waals surface area contributed by atoms with Gasteiger partial charge in [-0.1, -0.05) is 36.0 Å². The van der Waals surface area contributed by atoms with Crippen molar-refractivity contribution in [3.05, 3.63) is 70.8 Å². The van der Waals surface area contributed by atoms with Gasteiger partial charge in [-0.3, -0.25) is 14.9 Å². The summed E-state index contributed by atoms with van der Waals surface area (Å²) >= 11 is 1.46. The second kappa shape index (κ2) is 8.48. The number of piperazine rings is 1. The van der Waals surface area contributed by atoms with Gasteiger partial charge >= 0.3 is 0 Å². The number of nitro groups is 1. The third kappa shape index (κ3) is 4.48. The molecular formula is C21H20N4O3S.